The van der Waals surface area contributed by atoms with Crippen LogP contribution in [0.2, 0.25) is 5.02 Å². The van der Waals surface area contributed by atoms with E-state index in [1.807, 2.05) is 85.8 Å². The van der Waals surface area contributed by atoms with Crippen LogP contribution in [-0.2, 0) is 13.0 Å². The molecule has 2 atom stereocenters. The van der Waals surface area contributed by atoms with Gasteiger partial charge in [0.15, 0.2) is 0 Å². The number of carbonyl (C=O) groups excluding carboxylic acids is 1. The van der Waals surface area contributed by atoms with Crippen molar-refractivity contribution in [2.75, 3.05) is 19.7 Å². The standard InChI is InChI=1S/C37H38ClN3O4/c1-2-18-40-37(44)29-13-16-33-34(22-29)39-19-17-36(33)45-32-14-11-26(12-15-32)20-31(25-42)41(23-27-7-4-3-5-8-27)24-35(43)28-9-6-10-30(38)21-28/h3-17,19,21-22,31,35,42-43H,2,18,20,23-25H2,1H3,(H,40,44)/t31-,35-/m0/s1. The fourth-order valence-electron chi connectivity index (χ4n) is 5.30. The second-order valence-electron chi connectivity index (χ2n) is 11.1. The first kappa shape index (κ1) is 32.1. The van der Waals surface area contributed by atoms with Crippen molar-refractivity contribution in [3.63, 3.8) is 0 Å². The molecule has 4 aromatic carbocycles. The maximum absolute atomic E-state index is 12.4. The Kier molecular flexibility index (Phi) is 11.2. The topological polar surface area (TPSA) is 94.9 Å². The molecule has 0 unspecified atom stereocenters. The average Bonchev–Trinajstić information content (AvgIpc) is 3.07. The van der Waals surface area contributed by atoms with E-state index >= 15 is 0 Å². The van der Waals surface area contributed by atoms with Crippen molar-refractivity contribution in [2.45, 2.75) is 38.5 Å². The molecule has 1 aromatic heterocycles. The zero-order valence-electron chi connectivity index (χ0n) is 25.3. The van der Waals surface area contributed by atoms with Crippen LogP contribution in [0, 0.1) is 0 Å². The Labute approximate surface area is 269 Å². The van der Waals surface area contributed by atoms with Crippen molar-refractivity contribution < 1.29 is 19.7 Å². The Morgan fingerprint density at radius 2 is 1.76 bits per heavy atom. The minimum Gasteiger partial charge on any atom is -0.457 e. The summed E-state index contributed by atoms with van der Waals surface area (Å²) in [6.45, 7) is 3.47. The van der Waals surface area contributed by atoms with Gasteiger partial charge in [0, 0.05) is 47.8 Å². The number of aromatic nitrogens is 1. The molecule has 5 rings (SSSR count). The van der Waals surface area contributed by atoms with Gasteiger partial charge in [0.25, 0.3) is 5.91 Å². The van der Waals surface area contributed by atoms with Gasteiger partial charge in [-0.2, -0.15) is 0 Å². The molecule has 1 heterocycles. The van der Waals surface area contributed by atoms with Crippen molar-refractivity contribution in [1.29, 1.82) is 0 Å². The maximum atomic E-state index is 12.4. The van der Waals surface area contributed by atoms with E-state index in [0.29, 0.717) is 53.7 Å². The fourth-order valence-corrected chi connectivity index (χ4v) is 5.50. The number of aliphatic hydroxyl groups excluding tert-OH is 2. The fraction of sp³-hybridized carbons (Fsp3) is 0.243. The summed E-state index contributed by atoms with van der Waals surface area (Å²) < 4.78 is 6.24. The highest BCUT2D eigenvalue weighted by atomic mass is 35.5. The highest BCUT2D eigenvalue weighted by Gasteiger charge is 2.23. The number of hydrogen-bond donors (Lipinski definition) is 3. The first-order chi connectivity index (χ1) is 21.9. The smallest absolute Gasteiger partial charge is 0.251 e. The van der Waals surface area contributed by atoms with E-state index in [2.05, 4.69) is 15.2 Å². The van der Waals surface area contributed by atoms with Crippen LogP contribution >= 0.6 is 11.6 Å². The molecule has 1 amide bonds. The summed E-state index contributed by atoms with van der Waals surface area (Å²) in [6, 6.07) is 32.1. The highest BCUT2D eigenvalue weighted by Crippen LogP contribution is 2.30. The molecular formula is C37H38ClN3O4. The summed E-state index contributed by atoms with van der Waals surface area (Å²) in [5.41, 5.74) is 4.09. The molecule has 0 bridgehead atoms. The lowest BCUT2D eigenvalue weighted by Gasteiger charge is -2.32. The first-order valence-electron chi connectivity index (χ1n) is 15.2. The Morgan fingerprint density at radius 1 is 0.956 bits per heavy atom. The number of carbonyl (C=O) groups is 1. The zero-order valence-corrected chi connectivity index (χ0v) is 26.0. The number of fused-ring (bicyclic) bond motifs is 1. The second-order valence-corrected chi connectivity index (χ2v) is 11.5. The van der Waals surface area contributed by atoms with Gasteiger partial charge in [-0.25, -0.2) is 0 Å². The Morgan fingerprint density at radius 3 is 2.49 bits per heavy atom. The number of benzene rings is 4. The molecule has 7 nitrogen and oxygen atoms in total. The lowest BCUT2D eigenvalue weighted by atomic mass is 10.0. The van der Waals surface area contributed by atoms with Gasteiger partial charge in [0.1, 0.15) is 11.5 Å². The lowest BCUT2D eigenvalue weighted by Crippen LogP contribution is -2.41. The van der Waals surface area contributed by atoms with Crippen molar-refractivity contribution >= 4 is 28.4 Å². The Hall–Kier alpha value is -4.27. The zero-order chi connectivity index (χ0) is 31.6. The predicted octanol–water partition coefficient (Wildman–Crippen LogP) is 6.96. The van der Waals surface area contributed by atoms with Crippen LogP contribution in [0.3, 0.4) is 0 Å². The number of amides is 1. The van der Waals surface area contributed by atoms with E-state index in [-0.39, 0.29) is 18.6 Å². The van der Waals surface area contributed by atoms with E-state index in [1.54, 1.807) is 30.5 Å². The van der Waals surface area contributed by atoms with E-state index in [4.69, 9.17) is 16.3 Å². The van der Waals surface area contributed by atoms with Gasteiger partial charge in [-0.1, -0.05) is 73.1 Å². The molecule has 0 aliphatic heterocycles. The minimum atomic E-state index is -0.769. The third-order valence-corrected chi connectivity index (χ3v) is 7.95. The van der Waals surface area contributed by atoms with Crippen molar-refractivity contribution in [1.82, 2.24) is 15.2 Å². The maximum Gasteiger partial charge on any atom is 0.251 e. The number of aliphatic hydroxyl groups is 2. The third-order valence-electron chi connectivity index (χ3n) is 7.72. The van der Waals surface area contributed by atoms with Crippen molar-refractivity contribution in [3.8, 4) is 11.5 Å². The summed E-state index contributed by atoms with van der Waals surface area (Å²) >= 11 is 6.18. The van der Waals surface area contributed by atoms with Gasteiger partial charge in [-0.15, -0.1) is 0 Å². The molecule has 0 radical (unpaired) electrons. The van der Waals surface area contributed by atoms with E-state index in [0.717, 1.165) is 28.5 Å². The summed E-state index contributed by atoms with van der Waals surface area (Å²) in [4.78, 5) is 19.0. The number of rotatable bonds is 14. The molecule has 0 spiro atoms. The molecule has 0 saturated heterocycles. The molecule has 45 heavy (non-hydrogen) atoms. The van der Waals surface area contributed by atoms with Crippen molar-refractivity contribution in [3.05, 3.63) is 137 Å². The van der Waals surface area contributed by atoms with E-state index < -0.39 is 6.10 Å². The monoisotopic (exact) mass is 623 g/mol. The number of nitrogens with zero attached hydrogens (tertiary/aromatic N) is 2. The number of nitrogens with one attached hydrogen (secondary N) is 1. The van der Waals surface area contributed by atoms with Crippen LogP contribution in [0.15, 0.2) is 109 Å². The number of pyridine rings is 1. The largest absolute Gasteiger partial charge is 0.457 e. The van der Waals surface area contributed by atoms with Gasteiger partial charge in [0.05, 0.1) is 18.2 Å². The quantitative estimate of drug-likeness (QED) is 0.124. The van der Waals surface area contributed by atoms with E-state index in [9.17, 15) is 15.0 Å². The first-order valence-corrected chi connectivity index (χ1v) is 15.6. The minimum absolute atomic E-state index is 0.0746. The lowest BCUT2D eigenvalue weighted by molar-refractivity contribution is 0.0566. The molecule has 5 aromatic rings. The Bertz CT molecular complexity index is 1700. The van der Waals surface area contributed by atoms with Gasteiger partial charge in [-0.3, -0.25) is 14.7 Å². The van der Waals surface area contributed by atoms with Crippen LogP contribution in [0.5, 0.6) is 11.5 Å². The molecule has 0 aliphatic carbocycles. The van der Waals surface area contributed by atoms with Crippen LogP contribution < -0.4 is 10.1 Å². The SMILES string of the molecule is CCCNC(=O)c1ccc2c(Oc3ccc(C[C@@H](CO)N(Cc4ccccc4)C[C@H](O)c4cccc(Cl)c4)cc3)ccnc2c1. The Balaban J connectivity index is 1.30. The summed E-state index contributed by atoms with van der Waals surface area (Å²) in [6.07, 6.45) is 2.35. The van der Waals surface area contributed by atoms with Gasteiger partial charge in [-0.05, 0) is 78.1 Å². The van der Waals surface area contributed by atoms with Gasteiger partial charge in [0.2, 0.25) is 0 Å². The number of halogens is 1. The average molecular weight is 624 g/mol. The highest BCUT2D eigenvalue weighted by molar-refractivity contribution is 6.30. The molecule has 0 aliphatic rings. The van der Waals surface area contributed by atoms with Gasteiger partial charge < -0.3 is 20.3 Å². The normalized spacial score (nSPS) is 12.6. The third kappa shape index (κ3) is 8.68. The van der Waals surface area contributed by atoms with Gasteiger partial charge >= 0.3 is 0 Å². The predicted molar refractivity (Wildman–Crippen MR) is 179 cm³/mol. The van der Waals surface area contributed by atoms with E-state index in [1.165, 1.54) is 0 Å². The van der Waals surface area contributed by atoms with Crippen LogP contribution in [0.25, 0.3) is 10.9 Å². The summed E-state index contributed by atoms with van der Waals surface area (Å²) in [5.74, 6) is 1.18. The molecule has 232 valence electrons. The second kappa shape index (κ2) is 15.6. The molecule has 0 fully saturated rings. The summed E-state index contributed by atoms with van der Waals surface area (Å²) in [7, 11) is 0. The number of hydrogen-bond acceptors (Lipinski definition) is 6. The van der Waals surface area contributed by atoms with Crippen LogP contribution in [-0.4, -0.2) is 51.7 Å². The molecule has 8 heteroatoms. The molecule has 0 saturated carbocycles. The molecule has 3 N–H and O–H groups in total. The van der Waals surface area contributed by atoms with Crippen molar-refractivity contribution in [2.24, 2.45) is 0 Å². The number of ether oxygens (including phenoxy) is 1. The van der Waals surface area contributed by atoms with Crippen LogP contribution in [0.4, 0.5) is 0 Å². The van der Waals surface area contributed by atoms with Crippen LogP contribution in [0.1, 0.15) is 46.5 Å². The molecular weight excluding hydrogens is 586 g/mol. The summed E-state index contributed by atoms with van der Waals surface area (Å²) in [5, 5.41) is 25.9.